The van der Waals surface area contributed by atoms with Crippen molar-refractivity contribution in [3.63, 3.8) is 0 Å². The van der Waals surface area contributed by atoms with Crippen molar-refractivity contribution in [1.29, 1.82) is 0 Å². The summed E-state index contributed by atoms with van der Waals surface area (Å²) in [5.74, 6) is -0.755. The van der Waals surface area contributed by atoms with Gasteiger partial charge in [0.25, 0.3) is 5.91 Å². The Morgan fingerprint density at radius 2 is 2.16 bits per heavy atom. The van der Waals surface area contributed by atoms with Crippen molar-refractivity contribution in [3.05, 3.63) is 29.3 Å². The Labute approximate surface area is 111 Å². The predicted molar refractivity (Wildman–Crippen MR) is 69.4 cm³/mol. The van der Waals surface area contributed by atoms with Crippen LogP contribution in [0, 0.1) is 12.8 Å². The minimum atomic E-state index is -0.836. The minimum Gasteiger partial charge on any atom is -0.496 e. The normalized spacial score (nSPS) is 18.4. The second-order valence-corrected chi connectivity index (χ2v) is 4.76. The van der Waals surface area contributed by atoms with E-state index in [1.807, 2.05) is 13.0 Å². The molecule has 1 saturated heterocycles. The van der Waals surface area contributed by atoms with Gasteiger partial charge in [0.15, 0.2) is 0 Å². The summed E-state index contributed by atoms with van der Waals surface area (Å²) in [6.07, 6.45) is 0.518. The van der Waals surface area contributed by atoms with Crippen LogP contribution in [0.25, 0.3) is 0 Å². The average molecular weight is 263 g/mol. The molecule has 1 atom stereocenters. The molecule has 0 aromatic heterocycles. The monoisotopic (exact) mass is 263 g/mol. The van der Waals surface area contributed by atoms with Crippen molar-refractivity contribution >= 4 is 11.9 Å². The van der Waals surface area contributed by atoms with Crippen molar-refractivity contribution in [3.8, 4) is 5.75 Å². The number of carbonyl (C=O) groups excluding carboxylic acids is 1. The first-order valence-electron chi connectivity index (χ1n) is 6.19. The molecule has 0 spiro atoms. The summed E-state index contributed by atoms with van der Waals surface area (Å²) in [6.45, 7) is 2.68. The number of likely N-dealkylation sites (tertiary alicyclic amines) is 1. The maximum atomic E-state index is 12.3. The van der Waals surface area contributed by atoms with Crippen LogP contribution in [0.3, 0.4) is 0 Å². The van der Waals surface area contributed by atoms with Gasteiger partial charge in [0.05, 0.1) is 13.0 Å². The van der Waals surface area contributed by atoms with Crippen LogP contribution in [0.1, 0.15) is 22.3 Å². The molecule has 0 aliphatic carbocycles. The molecule has 1 aromatic rings. The number of carbonyl (C=O) groups is 2. The van der Waals surface area contributed by atoms with Crippen molar-refractivity contribution in [2.75, 3.05) is 20.2 Å². The molecule has 0 bridgehead atoms. The first kappa shape index (κ1) is 13.4. The molecule has 1 amide bonds. The van der Waals surface area contributed by atoms with E-state index < -0.39 is 11.9 Å². The highest BCUT2D eigenvalue weighted by molar-refractivity contribution is 5.95. The molecular weight excluding hydrogens is 246 g/mol. The molecule has 1 heterocycles. The van der Waals surface area contributed by atoms with Crippen LogP contribution < -0.4 is 4.74 Å². The van der Waals surface area contributed by atoms with E-state index in [1.165, 1.54) is 0 Å². The predicted octanol–water partition coefficient (Wildman–Crippen LogP) is 1.55. The topological polar surface area (TPSA) is 66.8 Å². The number of benzene rings is 1. The van der Waals surface area contributed by atoms with Gasteiger partial charge < -0.3 is 14.7 Å². The lowest BCUT2D eigenvalue weighted by molar-refractivity contribution is -0.141. The molecule has 1 aliphatic rings. The van der Waals surface area contributed by atoms with E-state index >= 15 is 0 Å². The molecule has 5 heteroatoms. The molecule has 2 rings (SSSR count). The maximum Gasteiger partial charge on any atom is 0.308 e. The van der Waals surface area contributed by atoms with Gasteiger partial charge in [0.1, 0.15) is 5.75 Å². The highest BCUT2D eigenvalue weighted by Gasteiger charge is 2.31. The van der Waals surface area contributed by atoms with E-state index in [2.05, 4.69) is 0 Å². The fourth-order valence-corrected chi connectivity index (χ4v) is 2.28. The molecule has 1 unspecified atom stereocenters. The highest BCUT2D eigenvalue weighted by atomic mass is 16.5. The summed E-state index contributed by atoms with van der Waals surface area (Å²) in [7, 11) is 1.56. The fraction of sp³-hybridized carbons (Fsp3) is 0.429. The Morgan fingerprint density at radius 3 is 2.74 bits per heavy atom. The Bertz CT molecular complexity index is 512. The molecule has 1 N–H and O–H groups in total. The Morgan fingerprint density at radius 1 is 1.42 bits per heavy atom. The Hall–Kier alpha value is -2.04. The summed E-state index contributed by atoms with van der Waals surface area (Å²) in [5, 5.41) is 8.94. The van der Waals surface area contributed by atoms with Gasteiger partial charge in [-0.1, -0.05) is 6.07 Å². The lowest BCUT2D eigenvalue weighted by Gasteiger charge is -2.16. The molecule has 102 valence electrons. The number of ether oxygens (including phenoxy) is 1. The number of amides is 1. The number of hydrogen-bond acceptors (Lipinski definition) is 3. The molecule has 1 fully saturated rings. The first-order valence-corrected chi connectivity index (χ1v) is 6.19. The average Bonchev–Trinajstić information content (AvgIpc) is 2.88. The largest absolute Gasteiger partial charge is 0.496 e. The van der Waals surface area contributed by atoms with Gasteiger partial charge in [-0.2, -0.15) is 0 Å². The molecule has 0 radical (unpaired) electrons. The van der Waals surface area contributed by atoms with Crippen LogP contribution in [-0.4, -0.2) is 42.1 Å². The Balaban J connectivity index is 2.14. The van der Waals surface area contributed by atoms with Crippen LogP contribution >= 0.6 is 0 Å². The van der Waals surface area contributed by atoms with E-state index in [0.717, 1.165) is 5.56 Å². The quantitative estimate of drug-likeness (QED) is 0.898. The fourth-order valence-electron chi connectivity index (χ4n) is 2.28. The van der Waals surface area contributed by atoms with E-state index in [0.29, 0.717) is 24.3 Å². The SMILES string of the molecule is COc1cc(C(=O)N2CCC(C(=O)O)C2)ccc1C. The third kappa shape index (κ3) is 2.70. The zero-order valence-electron chi connectivity index (χ0n) is 11.0. The van der Waals surface area contributed by atoms with Crippen LogP contribution in [0.5, 0.6) is 5.75 Å². The molecular formula is C14H17NO4. The van der Waals surface area contributed by atoms with Gasteiger partial charge in [-0.3, -0.25) is 9.59 Å². The van der Waals surface area contributed by atoms with Gasteiger partial charge in [-0.25, -0.2) is 0 Å². The smallest absolute Gasteiger partial charge is 0.308 e. The number of carboxylic acids is 1. The second-order valence-electron chi connectivity index (χ2n) is 4.76. The number of methoxy groups -OCH3 is 1. The third-order valence-electron chi connectivity index (χ3n) is 3.48. The number of hydrogen-bond donors (Lipinski definition) is 1. The lowest BCUT2D eigenvalue weighted by atomic mass is 10.1. The summed E-state index contributed by atoms with van der Waals surface area (Å²) >= 11 is 0. The molecule has 5 nitrogen and oxygen atoms in total. The van der Waals surface area contributed by atoms with Gasteiger partial charge >= 0.3 is 5.97 Å². The van der Waals surface area contributed by atoms with Crippen molar-refractivity contribution in [2.24, 2.45) is 5.92 Å². The molecule has 1 aromatic carbocycles. The minimum absolute atomic E-state index is 0.137. The van der Waals surface area contributed by atoms with Gasteiger partial charge in [-0.05, 0) is 31.0 Å². The summed E-state index contributed by atoms with van der Waals surface area (Å²) < 4.78 is 5.19. The number of aryl methyl sites for hydroxylation is 1. The summed E-state index contributed by atoms with van der Waals surface area (Å²) in [4.78, 5) is 24.8. The number of rotatable bonds is 3. The molecule has 19 heavy (non-hydrogen) atoms. The maximum absolute atomic E-state index is 12.3. The van der Waals surface area contributed by atoms with Crippen LogP contribution in [0.4, 0.5) is 0 Å². The number of nitrogens with zero attached hydrogens (tertiary/aromatic N) is 1. The van der Waals surface area contributed by atoms with Crippen LogP contribution in [-0.2, 0) is 4.79 Å². The van der Waals surface area contributed by atoms with Gasteiger partial charge in [0.2, 0.25) is 0 Å². The standard InChI is InChI=1S/C14H17NO4/c1-9-3-4-10(7-12(9)19-2)13(16)15-6-5-11(8-15)14(17)18/h3-4,7,11H,5-6,8H2,1-2H3,(H,17,18). The van der Waals surface area contributed by atoms with Crippen LogP contribution in [0.2, 0.25) is 0 Å². The van der Waals surface area contributed by atoms with Gasteiger partial charge in [-0.15, -0.1) is 0 Å². The second kappa shape index (κ2) is 5.30. The lowest BCUT2D eigenvalue weighted by Crippen LogP contribution is -2.29. The van der Waals surface area contributed by atoms with Crippen molar-refractivity contribution < 1.29 is 19.4 Å². The summed E-state index contributed by atoms with van der Waals surface area (Å²) in [6, 6.07) is 5.27. The van der Waals surface area contributed by atoms with E-state index in [1.54, 1.807) is 24.1 Å². The highest BCUT2D eigenvalue weighted by Crippen LogP contribution is 2.23. The zero-order chi connectivity index (χ0) is 14.0. The van der Waals surface area contributed by atoms with Gasteiger partial charge in [0, 0.05) is 18.7 Å². The molecule has 1 aliphatic heterocycles. The van der Waals surface area contributed by atoms with Crippen molar-refractivity contribution in [1.82, 2.24) is 4.90 Å². The van der Waals surface area contributed by atoms with Crippen LogP contribution in [0.15, 0.2) is 18.2 Å². The number of aliphatic carboxylic acids is 1. The zero-order valence-corrected chi connectivity index (χ0v) is 11.0. The number of carboxylic acid groups (broad SMARTS) is 1. The van der Waals surface area contributed by atoms with E-state index in [4.69, 9.17) is 9.84 Å². The third-order valence-corrected chi connectivity index (χ3v) is 3.48. The van der Waals surface area contributed by atoms with E-state index in [9.17, 15) is 9.59 Å². The van der Waals surface area contributed by atoms with Crippen molar-refractivity contribution in [2.45, 2.75) is 13.3 Å². The van der Waals surface area contributed by atoms with E-state index in [-0.39, 0.29) is 12.5 Å². The molecule has 0 saturated carbocycles. The first-order chi connectivity index (χ1) is 9.02. The Kier molecular flexibility index (Phi) is 3.74. The summed E-state index contributed by atoms with van der Waals surface area (Å²) in [5.41, 5.74) is 1.50.